The number of carbonyl (C=O) groups excluding carboxylic acids is 1. The van der Waals surface area contributed by atoms with Crippen LogP contribution in [0.3, 0.4) is 0 Å². The second kappa shape index (κ2) is 19.0. The number of sulfonamides is 1. The number of carbonyl (C=O) groups is 1. The minimum absolute atomic E-state index is 0.157. The Morgan fingerprint density at radius 1 is 0.818 bits per heavy atom. The summed E-state index contributed by atoms with van der Waals surface area (Å²) in [5.74, 6) is -0.322. The van der Waals surface area contributed by atoms with E-state index < -0.39 is 10.0 Å². The molecule has 33 heavy (non-hydrogen) atoms. The number of nitrogens with one attached hydrogen (secondary N) is 1. The standard InChI is InChI=1S/C24H44N4O3S2/c1-3-4-5-6-7-8-9-10-11-12-13-14-15-16-17-18-19-20-21-25-33(30,31)24-28-27-23(32-24)26-22(2)29/h21H,3-20H2,1-2H3,(H,26,27,29). The predicted octanol–water partition coefficient (Wildman–Crippen LogP) is 7.30. The molecule has 0 aliphatic carbocycles. The Balaban J connectivity index is 1.93. The summed E-state index contributed by atoms with van der Waals surface area (Å²) in [5, 5.41) is 9.81. The van der Waals surface area contributed by atoms with Crippen LogP contribution in [0.1, 0.15) is 129 Å². The fourth-order valence-corrected chi connectivity index (χ4v) is 5.52. The third-order valence-electron chi connectivity index (χ3n) is 5.56. The molecule has 1 amide bonds. The summed E-state index contributed by atoms with van der Waals surface area (Å²) < 4.78 is 27.7. The van der Waals surface area contributed by atoms with Crippen molar-refractivity contribution in [2.75, 3.05) is 5.32 Å². The van der Waals surface area contributed by atoms with E-state index in [0.29, 0.717) is 6.42 Å². The highest BCUT2D eigenvalue weighted by Gasteiger charge is 2.18. The van der Waals surface area contributed by atoms with E-state index in [2.05, 4.69) is 26.8 Å². The Morgan fingerprint density at radius 3 is 1.73 bits per heavy atom. The predicted molar refractivity (Wildman–Crippen MR) is 139 cm³/mol. The van der Waals surface area contributed by atoms with Crippen LogP contribution in [0, 0.1) is 0 Å². The minimum Gasteiger partial charge on any atom is -0.301 e. The first-order valence-electron chi connectivity index (χ1n) is 12.9. The highest BCUT2D eigenvalue weighted by molar-refractivity contribution is 7.92. The summed E-state index contributed by atoms with van der Waals surface area (Å²) in [6.45, 7) is 3.60. The maximum atomic E-state index is 12.1. The summed E-state index contributed by atoms with van der Waals surface area (Å²) in [6.07, 6.45) is 24.5. The zero-order valence-corrected chi connectivity index (χ0v) is 22.3. The van der Waals surface area contributed by atoms with Gasteiger partial charge in [-0.3, -0.25) is 4.79 Å². The van der Waals surface area contributed by atoms with Crippen molar-refractivity contribution >= 4 is 38.6 Å². The van der Waals surface area contributed by atoms with Crippen LogP contribution in [0.15, 0.2) is 8.74 Å². The summed E-state index contributed by atoms with van der Waals surface area (Å²) in [6, 6.07) is 0. The molecule has 1 N–H and O–H groups in total. The van der Waals surface area contributed by atoms with Gasteiger partial charge < -0.3 is 5.32 Å². The van der Waals surface area contributed by atoms with Crippen LogP contribution in [0.4, 0.5) is 5.13 Å². The van der Waals surface area contributed by atoms with Gasteiger partial charge in [0.2, 0.25) is 11.0 Å². The van der Waals surface area contributed by atoms with Crippen molar-refractivity contribution < 1.29 is 13.2 Å². The van der Waals surface area contributed by atoms with Gasteiger partial charge in [-0.05, 0) is 12.8 Å². The van der Waals surface area contributed by atoms with Crippen molar-refractivity contribution in [3.63, 3.8) is 0 Å². The Morgan fingerprint density at radius 2 is 1.27 bits per heavy atom. The smallest absolute Gasteiger partial charge is 0.301 e. The van der Waals surface area contributed by atoms with Crippen molar-refractivity contribution in [2.24, 2.45) is 4.40 Å². The lowest BCUT2D eigenvalue weighted by Gasteiger charge is -2.03. The van der Waals surface area contributed by atoms with Crippen molar-refractivity contribution in [2.45, 2.75) is 134 Å². The Labute approximate surface area is 205 Å². The molecule has 1 aromatic rings. The van der Waals surface area contributed by atoms with Gasteiger partial charge in [-0.1, -0.05) is 121 Å². The largest absolute Gasteiger partial charge is 0.311 e. The van der Waals surface area contributed by atoms with Gasteiger partial charge in [-0.2, -0.15) is 12.8 Å². The number of nitrogens with zero attached hydrogens (tertiary/aromatic N) is 3. The second-order valence-corrected chi connectivity index (χ2v) is 11.5. The van der Waals surface area contributed by atoms with Crippen LogP contribution in [-0.4, -0.2) is 30.7 Å². The maximum absolute atomic E-state index is 12.1. The molecular weight excluding hydrogens is 456 g/mol. The number of amides is 1. The van der Waals surface area contributed by atoms with Crippen molar-refractivity contribution in [1.82, 2.24) is 10.2 Å². The van der Waals surface area contributed by atoms with Crippen LogP contribution >= 0.6 is 11.3 Å². The molecule has 0 radical (unpaired) electrons. The van der Waals surface area contributed by atoms with Crippen LogP contribution in [0.2, 0.25) is 0 Å². The van der Waals surface area contributed by atoms with Gasteiger partial charge in [-0.15, -0.1) is 10.2 Å². The summed E-state index contributed by atoms with van der Waals surface area (Å²) >= 11 is 0.803. The third-order valence-corrected chi connectivity index (χ3v) is 8.02. The molecule has 0 aliphatic rings. The second-order valence-electron chi connectivity index (χ2n) is 8.76. The van der Waals surface area contributed by atoms with Crippen molar-refractivity contribution in [1.29, 1.82) is 0 Å². The molecule has 9 heteroatoms. The molecule has 0 saturated carbocycles. The van der Waals surface area contributed by atoms with E-state index in [1.165, 1.54) is 109 Å². The number of rotatable bonds is 21. The molecule has 1 heterocycles. The van der Waals surface area contributed by atoms with Crippen molar-refractivity contribution in [3.8, 4) is 0 Å². The molecule has 0 aliphatic heterocycles. The first kappa shape index (κ1) is 29.7. The van der Waals surface area contributed by atoms with E-state index in [1.54, 1.807) is 0 Å². The van der Waals surface area contributed by atoms with E-state index in [0.717, 1.165) is 24.2 Å². The average Bonchev–Trinajstić information content (AvgIpc) is 3.24. The third kappa shape index (κ3) is 16.0. The molecule has 0 fully saturated rings. The quantitative estimate of drug-likeness (QED) is 0.108. The summed E-state index contributed by atoms with van der Waals surface area (Å²) in [4.78, 5) is 11.0. The van der Waals surface area contributed by atoms with Gasteiger partial charge in [0.05, 0.1) is 0 Å². The fourth-order valence-electron chi connectivity index (χ4n) is 3.67. The lowest BCUT2D eigenvalue weighted by atomic mass is 10.0. The highest BCUT2D eigenvalue weighted by Crippen LogP contribution is 2.21. The van der Waals surface area contributed by atoms with Gasteiger partial charge in [-0.25, -0.2) is 0 Å². The molecule has 1 rings (SSSR count). The number of aromatic nitrogens is 2. The highest BCUT2D eigenvalue weighted by atomic mass is 32.2. The lowest BCUT2D eigenvalue weighted by Crippen LogP contribution is -2.04. The molecule has 0 bridgehead atoms. The van der Waals surface area contributed by atoms with E-state index in [9.17, 15) is 13.2 Å². The fraction of sp³-hybridized carbons (Fsp3) is 0.833. The number of unbranched alkanes of at least 4 members (excludes halogenated alkanes) is 17. The molecule has 0 saturated heterocycles. The monoisotopic (exact) mass is 500 g/mol. The van der Waals surface area contributed by atoms with Crippen LogP contribution in [0.5, 0.6) is 0 Å². The van der Waals surface area contributed by atoms with Crippen LogP contribution < -0.4 is 5.32 Å². The molecule has 190 valence electrons. The maximum Gasteiger partial charge on any atom is 0.311 e. The zero-order chi connectivity index (χ0) is 24.2. The molecule has 0 unspecified atom stereocenters. The molecule has 0 atom stereocenters. The molecule has 0 aromatic carbocycles. The van der Waals surface area contributed by atoms with Crippen molar-refractivity contribution in [3.05, 3.63) is 0 Å². The Bertz CT molecular complexity index is 764. The van der Waals surface area contributed by atoms with Gasteiger partial charge in [0.15, 0.2) is 0 Å². The molecular formula is C24H44N4O3S2. The minimum atomic E-state index is -3.84. The average molecular weight is 501 g/mol. The molecule has 1 aromatic heterocycles. The van der Waals surface area contributed by atoms with E-state index in [4.69, 9.17) is 0 Å². The van der Waals surface area contributed by atoms with Crippen LogP contribution in [0.25, 0.3) is 0 Å². The van der Waals surface area contributed by atoms with E-state index >= 15 is 0 Å². The first-order chi connectivity index (χ1) is 16.0. The van der Waals surface area contributed by atoms with E-state index in [1.807, 2.05) is 0 Å². The number of hydrogen-bond donors (Lipinski definition) is 1. The van der Waals surface area contributed by atoms with Gasteiger partial charge >= 0.3 is 10.0 Å². The first-order valence-corrected chi connectivity index (χ1v) is 15.1. The van der Waals surface area contributed by atoms with Crippen LogP contribution in [-0.2, 0) is 14.8 Å². The van der Waals surface area contributed by atoms with Gasteiger partial charge in [0.1, 0.15) is 0 Å². The lowest BCUT2D eigenvalue weighted by molar-refractivity contribution is -0.114. The topological polar surface area (TPSA) is 101 Å². The normalized spacial score (nSPS) is 11.9. The zero-order valence-electron chi connectivity index (χ0n) is 20.7. The molecule has 0 spiro atoms. The van der Waals surface area contributed by atoms with Gasteiger partial charge in [0.25, 0.3) is 4.34 Å². The van der Waals surface area contributed by atoms with Gasteiger partial charge in [0, 0.05) is 13.1 Å². The Hall–Kier alpha value is -1.35. The number of hydrogen-bond acceptors (Lipinski definition) is 6. The molecule has 7 nitrogen and oxygen atoms in total. The summed E-state index contributed by atoms with van der Waals surface area (Å²) in [7, 11) is -3.84. The SMILES string of the molecule is CCCCCCCCCCCCCCCCCCCC=NS(=O)(=O)c1nnc(NC(C)=O)s1. The van der Waals surface area contributed by atoms with E-state index in [-0.39, 0.29) is 15.4 Å². The summed E-state index contributed by atoms with van der Waals surface area (Å²) in [5.41, 5.74) is 0. The Kier molecular flexibility index (Phi) is 17.1. The number of anilines is 1.